The van der Waals surface area contributed by atoms with Crippen molar-refractivity contribution in [3.8, 4) is 11.5 Å². The van der Waals surface area contributed by atoms with Gasteiger partial charge in [-0.1, -0.05) is 42.1 Å². The maximum absolute atomic E-state index is 12.4. The summed E-state index contributed by atoms with van der Waals surface area (Å²) in [6, 6.07) is 15.5. The fourth-order valence-corrected chi connectivity index (χ4v) is 2.95. The van der Waals surface area contributed by atoms with Crippen molar-refractivity contribution in [2.75, 3.05) is 5.32 Å². The molecule has 0 aliphatic heterocycles. The average molecular weight is 353 g/mol. The summed E-state index contributed by atoms with van der Waals surface area (Å²) in [6.07, 6.45) is 0. The summed E-state index contributed by atoms with van der Waals surface area (Å²) in [7, 11) is 0. The van der Waals surface area contributed by atoms with Gasteiger partial charge in [0.1, 0.15) is 0 Å². The number of rotatable bonds is 5. The lowest BCUT2D eigenvalue weighted by Crippen LogP contribution is -2.22. The van der Waals surface area contributed by atoms with Crippen LogP contribution in [0.5, 0.6) is 0 Å². The van der Waals surface area contributed by atoms with E-state index in [0.717, 1.165) is 22.4 Å². The van der Waals surface area contributed by atoms with Crippen LogP contribution in [-0.2, 0) is 4.79 Å². The van der Waals surface area contributed by atoms with Crippen LogP contribution in [0.3, 0.4) is 0 Å². The van der Waals surface area contributed by atoms with Crippen molar-refractivity contribution >= 4 is 23.4 Å². The standard InChI is InChI=1S/C19H19N3O2S/c1-12-9-10-13(2)16(11-12)20-17(23)14(3)25-19-22-21-18(24-19)15-7-5-4-6-8-15/h4-11,14H,1-3H3,(H,20,23)/t14-/m1/s1. The Bertz CT molecular complexity index is 877. The fraction of sp³-hybridized carbons (Fsp3) is 0.211. The van der Waals surface area contributed by atoms with E-state index in [1.54, 1.807) is 0 Å². The summed E-state index contributed by atoms with van der Waals surface area (Å²) in [5.41, 5.74) is 3.81. The van der Waals surface area contributed by atoms with Gasteiger partial charge in [0.15, 0.2) is 0 Å². The molecule has 0 aliphatic rings. The fourth-order valence-electron chi connectivity index (χ4n) is 2.26. The summed E-state index contributed by atoms with van der Waals surface area (Å²) in [4.78, 5) is 12.4. The average Bonchev–Trinajstić information content (AvgIpc) is 3.07. The number of carbonyl (C=O) groups excluding carboxylic acids is 1. The second-order valence-electron chi connectivity index (χ2n) is 5.81. The lowest BCUT2D eigenvalue weighted by molar-refractivity contribution is -0.115. The van der Waals surface area contributed by atoms with Gasteiger partial charge < -0.3 is 9.73 Å². The van der Waals surface area contributed by atoms with Crippen molar-refractivity contribution in [1.82, 2.24) is 10.2 Å². The molecule has 5 nitrogen and oxygen atoms in total. The molecule has 3 rings (SSSR count). The van der Waals surface area contributed by atoms with Gasteiger partial charge in [0, 0.05) is 11.3 Å². The summed E-state index contributed by atoms with van der Waals surface area (Å²) in [5.74, 6) is 0.350. The Morgan fingerprint density at radius 3 is 2.64 bits per heavy atom. The zero-order valence-corrected chi connectivity index (χ0v) is 15.1. The lowest BCUT2D eigenvalue weighted by Gasteiger charge is -2.12. The summed E-state index contributed by atoms with van der Waals surface area (Å²) < 4.78 is 5.64. The van der Waals surface area contributed by atoms with Crippen molar-refractivity contribution in [2.24, 2.45) is 0 Å². The Hall–Kier alpha value is -2.60. The monoisotopic (exact) mass is 353 g/mol. The number of hydrogen-bond donors (Lipinski definition) is 1. The topological polar surface area (TPSA) is 68.0 Å². The highest BCUT2D eigenvalue weighted by molar-refractivity contribution is 8.00. The number of nitrogens with zero attached hydrogens (tertiary/aromatic N) is 2. The smallest absolute Gasteiger partial charge is 0.277 e. The number of thioether (sulfide) groups is 1. The Balaban J connectivity index is 1.66. The normalized spacial score (nSPS) is 12.0. The SMILES string of the molecule is Cc1ccc(C)c(NC(=O)[C@@H](C)Sc2nnc(-c3ccccc3)o2)c1. The molecule has 0 radical (unpaired) electrons. The van der Waals surface area contributed by atoms with Gasteiger partial charge in [-0.2, -0.15) is 0 Å². The van der Waals surface area contributed by atoms with Crippen LogP contribution in [0.1, 0.15) is 18.1 Å². The maximum atomic E-state index is 12.4. The molecule has 0 unspecified atom stereocenters. The van der Waals surface area contributed by atoms with Crippen LogP contribution >= 0.6 is 11.8 Å². The van der Waals surface area contributed by atoms with Crippen LogP contribution in [0.2, 0.25) is 0 Å². The molecule has 0 spiro atoms. The molecular formula is C19H19N3O2S. The molecule has 0 saturated heterocycles. The summed E-state index contributed by atoms with van der Waals surface area (Å²) >= 11 is 1.24. The minimum atomic E-state index is -0.357. The molecule has 1 atom stereocenters. The largest absolute Gasteiger partial charge is 0.411 e. The second-order valence-corrected chi connectivity index (χ2v) is 7.10. The number of hydrogen-bond acceptors (Lipinski definition) is 5. The predicted octanol–water partition coefficient (Wildman–Crippen LogP) is 4.47. The van der Waals surface area contributed by atoms with Gasteiger partial charge in [0.25, 0.3) is 5.22 Å². The zero-order chi connectivity index (χ0) is 17.8. The van der Waals surface area contributed by atoms with Gasteiger partial charge in [0.2, 0.25) is 11.8 Å². The Kier molecular flexibility index (Phi) is 5.19. The first-order chi connectivity index (χ1) is 12.0. The highest BCUT2D eigenvalue weighted by Gasteiger charge is 2.19. The Morgan fingerprint density at radius 2 is 1.88 bits per heavy atom. The molecular weight excluding hydrogens is 334 g/mol. The predicted molar refractivity (Wildman–Crippen MR) is 99.6 cm³/mol. The number of carbonyl (C=O) groups is 1. The van der Waals surface area contributed by atoms with E-state index in [0.29, 0.717) is 11.1 Å². The van der Waals surface area contributed by atoms with Crippen LogP contribution in [0.15, 0.2) is 58.2 Å². The van der Waals surface area contributed by atoms with Gasteiger partial charge in [0.05, 0.1) is 5.25 Å². The number of nitrogens with one attached hydrogen (secondary N) is 1. The molecule has 0 bridgehead atoms. The van der Waals surface area contributed by atoms with Crippen molar-refractivity contribution < 1.29 is 9.21 Å². The quantitative estimate of drug-likeness (QED) is 0.685. The molecule has 1 aromatic heterocycles. The minimum Gasteiger partial charge on any atom is -0.411 e. The van der Waals surface area contributed by atoms with E-state index in [9.17, 15) is 4.79 Å². The second kappa shape index (κ2) is 7.53. The molecule has 1 heterocycles. The van der Waals surface area contributed by atoms with Gasteiger partial charge >= 0.3 is 0 Å². The van der Waals surface area contributed by atoms with Crippen molar-refractivity contribution in [1.29, 1.82) is 0 Å². The molecule has 1 amide bonds. The third kappa shape index (κ3) is 4.28. The van der Waals surface area contributed by atoms with Gasteiger partial charge in [-0.05, 0) is 50.1 Å². The molecule has 0 aliphatic carbocycles. The number of anilines is 1. The van der Waals surface area contributed by atoms with Gasteiger partial charge in [-0.15, -0.1) is 10.2 Å². The number of benzene rings is 2. The first-order valence-corrected chi connectivity index (χ1v) is 8.84. The van der Waals surface area contributed by atoms with E-state index in [-0.39, 0.29) is 11.2 Å². The van der Waals surface area contributed by atoms with Crippen LogP contribution < -0.4 is 5.32 Å². The summed E-state index contributed by atoms with van der Waals surface area (Å²) in [6.45, 7) is 5.78. The zero-order valence-electron chi connectivity index (χ0n) is 14.3. The third-order valence-corrected chi connectivity index (χ3v) is 4.66. The molecule has 6 heteroatoms. The first-order valence-electron chi connectivity index (χ1n) is 7.96. The van der Waals surface area contributed by atoms with Crippen LogP contribution in [-0.4, -0.2) is 21.4 Å². The third-order valence-electron chi connectivity index (χ3n) is 3.72. The van der Waals surface area contributed by atoms with E-state index in [4.69, 9.17) is 4.42 Å². The van der Waals surface area contributed by atoms with Crippen molar-refractivity contribution in [3.05, 3.63) is 59.7 Å². The Labute approximate surface area is 150 Å². The van der Waals surface area contributed by atoms with E-state index >= 15 is 0 Å². The van der Waals surface area contributed by atoms with Crippen LogP contribution in [0, 0.1) is 13.8 Å². The highest BCUT2D eigenvalue weighted by Crippen LogP contribution is 2.27. The summed E-state index contributed by atoms with van der Waals surface area (Å²) in [5, 5.41) is 11.0. The Morgan fingerprint density at radius 1 is 1.12 bits per heavy atom. The van der Waals surface area contributed by atoms with Crippen molar-refractivity contribution in [3.63, 3.8) is 0 Å². The molecule has 0 saturated carbocycles. The molecule has 25 heavy (non-hydrogen) atoms. The minimum absolute atomic E-state index is 0.0989. The number of aryl methyl sites for hydroxylation is 2. The molecule has 1 N–H and O–H groups in total. The van der Waals surface area contributed by atoms with Crippen molar-refractivity contribution in [2.45, 2.75) is 31.2 Å². The first kappa shape index (κ1) is 17.2. The molecule has 3 aromatic rings. The van der Waals surface area contributed by atoms with E-state index in [2.05, 4.69) is 15.5 Å². The van der Waals surface area contributed by atoms with Gasteiger partial charge in [-0.3, -0.25) is 4.79 Å². The van der Waals surface area contributed by atoms with E-state index < -0.39 is 0 Å². The highest BCUT2D eigenvalue weighted by atomic mass is 32.2. The van der Waals surface area contributed by atoms with Crippen LogP contribution in [0.4, 0.5) is 5.69 Å². The lowest BCUT2D eigenvalue weighted by atomic mass is 10.1. The van der Waals surface area contributed by atoms with Gasteiger partial charge in [-0.25, -0.2) is 0 Å². The van der Waals surface area contributed by atoms with Crippen LogP contribution in [0.25, 0.3) is 11.5 Å². The molecule has 2 aromatic carbocycles. The molecule has 0 fully saturated rings. The van der Waals surface area contributed by atoms with E-state index in [1.165, 1.54) is 11.8 Å². The molecule has 128 valence electrons. The number of amides is 1. The number of aromatic nitrogens is 2. The van der Waals surface area contributed by atoms with E-state index in [1.807, 2.05) is 69.3 Å². The maximum Gasteiger partial charge on any atom is 0.277 e.